The summed E-state index contributed by atoms with van der Waals surface area (Å²) in [5.41, 5.74) is 6.21. The molecule has 1 aromatic rings. The van der Waals surface area contributed by atoms with E-state index in [0.29, 0.717) is 12.0 Å². The molecule has 1 fully saturated rings. The van der Waals surface area contributed by atoms with Crippen molar-refractivity contribution in [2.75, 3.05) is 0 Å². The second-order valence-electron chi connectivity index (χ2n) is 5.02. The molecule has 0 amide bonds. The molecule has 1 saturated carbocycles. The lowest BCUT2D eigenvalue weighted by Crippen LogP contribution is -2.37. The first-order valence-electron chi connectivity index (χ1n) is 6.29. The summed E-state index contributed by atoms with van der Waals surface area (Å²) in [4.78, 5) is 4.29. The Bertz CT molecular complexity index is 334. The highest BCUT2D eigenvalue weighted by molar-refractivity contribution is 4.92. The second kappa shape index (κ2) is 4.95. The van der Waals surface area contributed by atoms with Gasteiger partial charge in [0.15, 0.2) is 0 Å². The van der Waals surface area contributed by atoms with Crippen molar-refractivity contribution >= 4 is 0 Å². The van der Waals surface area contributed by atoms with Gasteiger partial charge in [0.2, 0.25) is 0 Å². The van der Waals surface area contributed by atoms with E-state index in [2.05, 4.69) is 17.0 Å². The Morgan fingerprint density at radius 3 is 2.94 bits per heavy atom. The molecule has 1 aromatic heterocycles. The van der Waals surface area contributed by atoms with Gasteiger partial charge in [-0.15, -0.1) is 0 Å². The molecule has 1 aliphatic rings. The van der Waals surface area contributed by atoms with Crippen LogP contribution in [-0.2, 0) is 13.5 Å². The van der Waals surface area contributed by atoms with Crippen molar-refractivity contribution in [1.82, 2.24) is 14.8 Å². The van der Waals surface area contributed by atoms with Gasteiger partial charge in [-0.1, -0.05) is 13.3 Å². The van der Waals surface area contributed by atoms with Crippen LogP contribution in [0.4, 0.5) is 0 Å². The van der Waals surface area contributed by atoms with Gasteiger partial charge in [0.05, 0.1) is 0 Å². The fourth-order valence-electron chi connectivity index (χ4n) is 2.73. The van der Waals surface area contributed by atoms with Crippen molar-refractivity contribution in [3.8, 4) is 0 Å². The average molecular weight is 222 g/mol. The largest absolute Gasteiger partial charge is 0.327 e. The number of rotatable bonds is 3. The Balaban J connectivity index is 1.99. The zero-order valence-corrected chi connectivity index (χ0v) is 10.3. The maximum atomic E-state index is 6.21. The third kappa shape index (κ3) is 2.43. The molecule has 3 atom stereocenters. The first-order valence-corrected chi connectivity index (χ1v) is 6.29. The Hall–Kier alpha value is -0.900. The van der Waals surface area contributed by atoms with Crippen molar-refractivity contribution < 1.29 is 0 Å². The normalized spacial score (nSPS) is 30.6. The van der Waals surface area contributed by atoms with Crippen molar-refractivity contribution in [3.05, 3.63) is 12.2 Å². The number of aryl methyl sites for hydroxylation is 1. The fourth-order valence-corrected chi connectivity index (χ4v) is 2.73. The van der Waals surface area contributed by atoms with E-state index in [1.165, 1.54) is 25.7 Å². The lowest BCUT2D eigenvalue weighted by Gasteiger charge is -2.33. The minimum Gasteiger partial charge on any atom is -0.327 e. The molecule has 90 valence electrons. The van der Waals surface area contributed by atoms with Crippen molar-refractivity contribution in [2.45, 2.75) is 45.1 Å². The van der Waals surface area contributed by atoms with Gasteiger partial charge < -0.3 is 5.73 Å². The third-order valence-electron chi connectivity index (χ3n) is 3.98. The lowest BCUT2D eigenvalue weighted by atomic mass is 9.76. The van der Waals surface area contributed by atoms with Crippen LogP contribution < -0.4 is 5.73 Å². The topological polar surface area (TPSA) is 56.7 Å². The Morgan fingerprint density at radius 1 is 1.50 bits per heavy atom. The van der Waals surface area contributed by atoms with Gasteiger partial charge in [-0.3, -0.25) is 4.68 Å². The predicted octanol–water partition coefficient (Wildman–Crippen LogP) is 1.51. The highest BCUT2D eigenvalue weighted by Crippen LogP contribution is 2.31. The van der Waals surface area contributed by atoms with E-state index >= 15 is 0 Å². The molecule has 16 heavy (non-hydrogen) atoms. The highest BCUT2D eigenvalue weighted by Gasteiger charge is 2.28. The summed E-state index contributed by atoms with van der Waals surface area (Å²) in [6, 6.07) is 0.347. The number of hydrogen-bond acceptors (Lipinski definition) is 3. The van der Waals surface area contributed by atoms with Crippen LogP contribution in [0, 0.1) is 11.8 Å². The van der Waals surface area contributed by atoms with Crippen molar-refractivity contribution in [2.24, 2.45) is 24.6 Å². The summed E-state index contributed by atoms with van der Waals surface area (Å²) in [7, 11) is 1.95. The summed E-state index contributed by atoms with van der Waals surface area (Å²) in [5, 5.41) is 4.11. The van der Waals surface area contributed by atoms with Gasteiger partial charge in [-0.25, -0.2) is 4.98 Å². The summed E-state index contributed by atoms with van der Waals surface area (Å²) in [5.74, 6) is 2.51. The molecule has 0 radical (unpaired) electrons. The number of nitrogens with two attached hydrogens (primary N) is 1. The quantitative estimate of drug-likeness (QED) is 0.843. The monoisotopic (exact) mass is 222 g/mol. The number of nitrogens with zero attached hydrogens (tertiary/aromatic N) is 3. The summed E-state index contributed by atoms with van der Waals surface area (Å²) < 4.78 is 1.86. The molecule has 1 aliphatic carbocycles. The molecule has 0 saturated heterocycles. The average Bonchev–Trinajstić information content (AvgIpc) is 2.68. The van der Waals surface area contributed by atoms with Gasteiger partial charge in [-0.05, 0) is 31.1 Å². The van der Waals surface area contributed by atoms with E-state index in [4.69, 9.17) is 5.73 Å². The van der Waals surface area contributed by atoms with E-state index in [9.17, 15) is 0 Å². The molecule has 4 heteroatoms. The summed E-state index contributed by atoms with van der Waals surface area (Å²) in [6.45, 7) is 2.28. The molecule has 0 aliphatic heterocycles. The van der Waals surface area contributed by atoms with Crippen molar-refractivity contribution in [1.29, 1.82) is 0 Å². The number of hydrogen-bond donors (Lipinski definition) is 1. The summed E-state index contributed by atoms with van der Waals surface area (Å²) >= 11 is 0. The van der Waals surface area contributed by atoms with Crippen LogP contribution in [0.2, 0.25) is 0 Å². The molecule has 0 aromatic carbocycles. The van der Waals surface area contributed by atoms with Gasteiger partial charge in [-0.2, -0.15) is 5.10 Å². The van der Waals surface area contributed by atoms with Gasteiger partial charge >= 0.3 is 0 Å². The highest BCUT2D eigenvalue weighted by atomic mass is 15.3. The molecule has 0 bridgehead atoms. The Morgan fingerprint density at radius 2 is 2.31 bits per heavy atom. The van der Waals surface area contributed by atoms with Crippen molar-refractivity contribution in [3.63, 3.8) is 0 Å². The zero-order valence-electron chi connectivity index (χ0n) is 10.3. The first-order chi connectivity index (χ1) is 7.70. The molecule has 1 heterocycles. The zero-order chi connectivity index (χ0) is 11.5. The predicted molar refractivity (Wildman–Crippen MR) is 63.8 cm³/mol. The van der Waals surface area contributed by atoms with E-state index in [1.807, 2.05) is 11.7 Å². The molecule has 2 N–H and O–H groups in total. The van der Waals surface area contributed by atoms with Gasteiger partial charge in [0.1, 0.15) is 12.2 Å². The Kier molecular flexibility index (Phi) is 3.59. The fraction of sp³-hybridized carbons (Fsp3) is 0.833. The third-order valence-corrected chi connectivity index (χ3v) is 3.98. The number of aromatic nitrogens is 3. The van der Waals surface area contributed by atoms with Crippen LogP contribution in [0.15, 0.2) is 6.33 Å². The Labute approximate surface area is 97.2 Å². The molecular weight excluding hydrogens is 200 g/mol. The minimum atomic E-state index is 0.347. The molecule has 4 nitrogen and oxygen atoms in total. The molecular formula is C12H22N4. The van der Waals surface area contributed by atoms with Gasteiger partial charge in [0, 0.05) is 19.5 Å². The van der Waals surface area contributed by atoms with Crippen LogP contribution >= 0.6 is 0 Å². The SMILES string of the molecule is CCC1CCC(N)C(Cc2ncnn2C)C1. The van der Waals surface area contributed by atoms with E-state index in [-0.39, 0.29) is 0 Å². The lowest BCUT2D eigenvalue weighted by molar-refractivity contribution is 0.223. The van der Waals surface area contributed by atoms with E-state index in [1.54, 1.807) is 6.33 Å². The van der Waals surface area contributed by atoms with Gasteiger partial charge in [0.25, 0.3) is 0 Å². The van der Waals surface area contributed by atoms with E-state index < -0.39 is 0 Å². The van der Waals surface area contributed by atoms with Crippen LogP contribution in [0.3, 0.4) is 0 Å². The molecule has 0 spiro atoms. The maximum absolute atomic E-state index is 6.21. The van der Waals surface area contributed by atoms with Crippen LogP contribution in [0.25, 0.3) is 0 Å². The van der Waals surface area contributed by atoms with E-state index in [0.717, 1.165) is 18.2 Å². The standard InChI is InChI=1S/C12H22N4/c1-3-9-4-5-11(13)10(6-9)7-12-14-8-15-16(12)2/h8-11H,3-7,13H2,1-2H3. The second-order valence-corrected chi connectivity index (χ2v) is 5.02. The smallest absolute Gasteiger partial charge is 0.138 e. The van der Waals surface area contributed by atoms with Crippen LogP contribution in [0.5, 0.6) is 0 Å². The first kappa shape index (κ1) is 11.6. The maximum Gasteiger partial charge on any atom is 0.138 e. The molecule has 3 unspecified atom stereocenters. The minimum absolute atomic E-state index is 0.347. The molecule has 2 rings (SSSR count). The summed E-state index contributed by atoms with van der Waals surface area (Å²) in [6.07, 6.45) is 7.61. The van der Waals surface area contributed by atoms with Crippen LogP contribution in [-0.4, -0.2) is 20.8 Å². The van der Waals surface area contributed by atoms with Crippen LogP contribution in [0.1, 0.15) is 38.4 Å².